The molecular formula is C21H16F3N5O2. The summed E-state index contributed by atoms with van der Waals surface area (Å²) in [5.41, 5.74) is -0.337. The zero-order chi connectivity index (χ0) is 22.3. The number of hydrogen-bond donors (Lipinski definition) is 2. The van der Waals surface area contributed by atoms with Gasteiger partial charge in [0.25, 0.3) is 0 Å². The van der Waals surface area contributed by atoms with Crippen LogP contribution >= 0.6 is 0 Å². The Kier molecular flexibility index (Phi) is 4.84. The van der Waals surface area contributed by atoms with E-state index in [1.54, 1.807) is 13.0 Å². The van der Waals surface area contributed by atoms with Gasteiger partial charge in [-0.3, -0.25) is 20.4 Å². The standard InChI is InChI=1S/C21H16F3N5O2/c1-11-5-18(31-28-11)13-8-16(22)19(25)29(10-13)20(26)21(23,24)14-3-4-17-12(6-14)7-15(30-2)9-27-17/h3-10,25-26H,1-2H3. The summed E-state index contributed by atoms with van der Waals surface area (Å²) in [4.78, 5) is 4.13. The van der Waals surface area contributed by atoms with Gasteiger partial charge in [0.15, 0.2) is 22.9 Å². The molecule has 3 heterocycles. The van der Waals surface area contributed by atoms with Gasteiger partial charge in [-0.2, -0.15) is 8.78 Å². The number of methoxy groups -OCH3 is 1. The number of ether oxygens (including phenoxy) is 1. The zero-order valence-corrected chi connectivity index (χ0v) is 16.4. The summed E-state index contributed by atoms with van der Waals surface area (Å²) in [6.45, 7) is 1.65. The molecule has 10 heteroatoms. The van der Waals surface area contributed by atoms with Crippen molar-refractivity contribution >= 4 is 16.7 Å². The van der Waals surface area contributed by atoms with Crippen molar-refractivity contribution in [3.05, 3.63) is 71.4 Å². The molecule has 0 amide bonds. The van der Waals surface area contributed by atoms with Crippen molar-refractivity contribution in [1.82, 2.24) is 14.7 Å². The SMILES string of the molecule is COc1cnc2ccc(C(F)(F)C(=N)n3cc(-c4cc(C)no4)cc(F)c3=N)cc2c1. The van der Waals surface area contributed by atoms with Crippen LogP contribution in [0.15, 0.2) is 53.3 Å². The van der Waals surface area contributed by atoms with Crippen molar-refractivity contribution in [3.8, 4) is 17.1 Å². The second kappa shape index (κ2) is 7.38. The topological polar surface area (TPSA) is 101 Å². The minimum absolute atomic E-state index is 0.0714. The first kappa shape index (κ1) is 20.3. The Balaban J connectivity index is 1.80. The van der Waals surface area contributed by atoms with E-state index in [2.05, 4.69) is 10.1 Å². The van der Waals surface area contributed by atoms with Gasteiger partial charge in [0, 0.05) is 28.8 Å². The lowest BCUT2D eigenvalue weighted by molar-refractivity contribution is 0.0706. The predicted octanol–water partition coefficient (Wildman–Crippen LogP) is 4.24. The second-order valence-electron chi connectivity index (χ2n) is 6.83. The summed E-state index contributed by atoms with van der Waals surface area (Å²) >= 11 is 0. The summed E-state index contributed by atoms with van der Waals surface area (Å²) in [5.74, 6) is -5.68. The number of aromatic nitrogens is 3. The molecule has 4 aromatic rings. The molecule has 0 bridgehead atoms. The van der Waals surface area contributed by atoms with Crippen molar-refractivity contribution in [2.75, 3.05) is 7.11 Å². The van der Waals surface area contributed by atoms with Crippen LogP contribution in [0, 0.1) is 23.6 Å². The normalized spacial score (nSPS) is 11.6. The summed E-state index contributed by atoms with van der Waals surface area (Å²) in [6, 6.07) is 7.73. The second-order valence-corrected chi connectivity index (χ2v) is 6.83. The Hall–Kier alpha value is -3.95. The number of nitrogens with one attached hydrogen (secondary N) is 2. The Morgan fingerprint density at radius 3 is 2.65 bits per heavy atom. The minimum Gasteiger partial charge on any atom is -0.495 e. The van der Waals surface area contributed by atoms with E-state index in [-0.39, 0.29) is 11.3 Å². The fourth-order valence-electron chi connectivity index (χ4n) is 3.08. The van der Waals surface area contributed by atoms with Crippen LogP contribution in [-0.2, 0) is 5.92 Å². The molecule has 2 N–H and O–H groups in total. The number of nitrogens with zero attached hydrogens (tertiary/aromatic N) is 3. The van der Waals surface area contributed by atoms with Gasteiger partial charge in [0.05, 0.1) is 24.5 Å². The van der Waals surface area contributed by atoms with Crippen molar-refractivity contribution < 1.29 is 22.4 Å². The molecule has 0 spiro atoms. The monoisotopic (exact) mass is 427 g/mol. The molecule has 0 aliphatic heterocycles. The van der Waals surface area contributed by atoms with Gasteiger partial charge < -0.3 is 9.26 Å². The lowest BCUT2D eigenvalue weighted by atomic mass is 10.0. The highest BCUT2D eigenvalue weighted by molar-refractivity contribution is 5.91. The lowest BCUT2D eigenvalue weighted by Crippen LogP contribution is -2.39. The quantitative estimate of drug-likeness (QED) is 0.376. The predicted molar refractivity (Wildman–Crippen MR) is 106 cm³/mol. The maximum absolute atomic E-state index is 15.3. The van der Waals surface area contributed by atoms with Gasteiger partial charge in [-0.05, 0) is 31.2 Å². The Morgan fingerprint density at radius 1 is 1.19 bits per heavy atom. The third-order valence-corrected chi connectivity index (χ3v) is 4.72. The average Bonchev–Trinajstić information content (AvgIpc) is 3.20. The van der Waals surface area contributed by atoms with E-state index in [0.29, 0.717) is 26.9 Å². The lowest BCUT2D eigenvalue weighted by Gasteiger charge is -2.20. The highest BCUT2D eigenvalue weighted by Crippen LogP contribution is 2.32. The number of benzene rings is 1. The molecule has 0 aliphatic rings. The largest absolute Gasteiger partial charge is 0.495 e. The summed E-state index contributed by atoms with van der Waals surface area (Å²) in [5, 5.41) is 20.0. The van der Waals surface area contributed by atoms with Gasteiger partial charge in [-0.15, -0.1) is 0 Å². The van der Waals surface area contributed by atoms with Crippen LogP contribution in [0.5, 0.6) is 5.75 Å². The van der Waals surface area contributed by atoms with Gasteiger partial charge in [0.1, 0.15) is 5.75 Å². The van der Waals surface area contributed by atoms with Gasteiger partial charge in [-0.25, -0.2) is 4.39 Å². The van der Waals surface area contributed by atoms with E-state index in [1.807, 2.05) is 0 Å². The van der Waals surface area contributed by atoms with E-state index in [0.717, 1.165) is 18.3 Å². The van der Waals surface area contributed by atoms with Gasteiger partial charge in [-0.1, -0.05) is 11.2 Å². The maximum atomic E-state index is 15.3. The van der Waals surface area contributed by atoms with E-state index < -0.39 is 28.6 Å². The Bertz CT molecular complexity index is 1380. The molecule has 31 heavy (non-hydrogen) atoms. The third kappa shape index (κ3) is 3.56. The molecule has 0 fully saturated rings. The van der Waals surface area contributed by atoms with E-state index in [9.17, 15) is 4.39 Å². The van der Waals surface area contributed by atoms with Crippen molar-refractivity contribution in [2.24, 2.45) is 0 Å². The van der Waals surface area contributed by atoms with Crippen LogP contribution in [0.1, 0.15) is 11.3 Å². The van der Waals surface area contributed by atoms with Crippen molar-refractivity contribution in [3.63, 3.8) is 0 Å². The molecule has 4 rings (SSSR count). The molecule has 158 valence electrons. The van der Waals surface area contributed by atoms with Crippen LogP contribution in [0.3, 0.4) is 0 Å². The zero-order valence-electron chi connectivity index (χ0n) is 16.4. The molecule has 0 aliphatic carbocycles. The van der Waals surface area contributed by atoms with Crippen LogP contribution in [0.25, 0.3) is 22.2 Å². The number of fused-ring (bicyclic) bond motifs is 1. The van der Waals surface area contributed by atoms with Gasteiger partial charge >= 0.3 is 5.92 Å². The number of hydrogen-bond acceptors (Lipinski definition) is 6. The third-order valence-electron chi connectivity index (χ3n) is 4.72. The first-order valence-corrected chi connectivity index (χ1v) is 9.02. The number of alkyl halides is 2. The fraction of sp³-hybridized carbons (Fsp3) is 0.143. The van der Waals surface area contributed by atoms with Crippen LogP contribution in [0.4, 0.5) is 13.2 Å². The summed E-state index contributed by atoms with van der Waals surface area (Å²) in [6.07, 6.45) is 2.51. The molecule has 0 unspecified atom stereocenters. The molecule has 1 aromatic carbocycles. The smallest absolute Gasteiger partial charge is 0.329 e. The molecule has 0 atom stereocenters. The van der Waals surface area contributed by atoms with Crippen LogP contribution in [-0.4, -0.2) is 27.7 Å². The molecular weight excluding hydrogens is 411 g/mol. The van der Waals surface area contributed by atoms with Crippen molar-refractivity contribution in [2.45, 2.75) is 12.8 Å². The highest BCUT2D eigenvalue weighted by Gasteiger charge is 2.39. The Labute approximate surface area is 173 Å². The summed E-state index contributed by atoms with van der Waals surface area (Å²) in [7, 11) is 1.43. The van der Waals surface area contributed by atoms with E-state index in [4.69, 9.17) is 20.1 Å². The molecule has 0 radical (unpaired) electrons. The molecule has 7 nitrogen and oxygen atoms in total. The molecule has 0 saturated carbocycles. The molecule has 0 saturated heterocycles. The molecule has 3 aromatic heterocycles. The maximum Gasteiger partial charge on any atom is 0.329 e. The highest BCUT2D eigenvalue weighted by atomic mass is 19.3. The van der Waals surface area contributed by atoms with Gasteiger partial charge in [0.2, 0.25) is 0 Å². The number of halogens is 3. The summed E-state index contributed by atoms with van der Waals surface area (Å²) < 4.78 is 55.5. The average molecular weight is 427 g/mol. The van der Waals surface area contributed by atoms with Crippen LogP contribution < -0.4 is 10.2 Å². The van der Waals surface area contributed by atoms with Crippen molar-refractivity contribution in [1.29, 1.82) is 10.8 Å². The first-order chi connectivity index (χ1) is 14.7. The first-order valence-electron chi connectivity index (χ1n) is 9.02. The fourth-order valence-corrected chi connectivity index (χ4v) is 3.08. The van der Waals surface area contributed by atoms with Crippen LogP contribution in [0.2, 0.25) is 0 Å². The van der Waals surface area contributed by atoms with E-state index >= 15 is 8.78 Å². The number of rotatable bonds is 4. The Morgan fingerprint density at radius 2 is 1.97 bits per heavy atom. The van der Waals surface area contributed by atoms with E-state index in [1.165, 1.54) is 31.5 Å². The number of aryl methyl sites for hydroxylation is 1. The number of pyridine rings is 2. The minimum atomic E-state index is -3.83.